The van der Waals surface area contributed by atoms with E-state index in [0.717, 1.165) is 32.0 Å². The molecule has 0 bridgehead atoms. The van der Waals surface area contributed by atoms with E-state index in [9.17, 15) is 47.4 Å². The number of carbonyl (C=O) groups excluding carboxylic acids is 5. The molecular formula is C29H35F3N4O7. The number of halogens is 3. The number of carbonyl (C=O) groups is 5. The lowest BCUT2D eigenvalue weighted by Crippen LogP contribution is -2.74. The number of rotatable bonds is 7. The van der Waals surface area contributed by atoms with Crippen LogP contribution in [0.3, 0.4) is 0 Å². The van der Waals surface area contributed by atoms with Gasteiger partial charge in [-0.1, -0.05) is 0 Å². The lowest BCUT2D eigenvalue weighted by Gasteiger charge is -2.52. The number of primary amides is 1. The molecule has 2 saturated carbocycles. The maximum atomic E-state index is 14.6. The van der Waals surface area contributed by atoms with Gasteiger partial charge in [0.15, 0.2) is 34.7 Å². The summed E-state index contributed by atoms with van der Waals surface area (Å²) >= 11 is 0. The van der Waals surface area contributed by atoms with Crippen molar-refractivity contribution in [3.05, 3.63) is 28.3 Å². The number of phenols is 1. The van der Waals surface area contributed by atoms with E-state index in [4.69, 9.17) is 5.73 Å². The highest BCUT2D eigenvalue weighted by molar-refractivity contribution is 6.32. The van der Waals surface area contributed by atoms with Crippen LogP contribution in [0.2, 0.25) is 0 Å². The number of ketones is 4. The van der Waals surface area contributed by atoms with Crippen molar-refractivity contribution in [2.45, 2.75) is 50.0 Å². The van der Waals surface area contributed by atoms with E-state index < -0.39 is 99.4 Å². The van der Waals surface area contributed by atoms with Gasteiger partial charge >= 0.3 is 6.18 Å². The SMILES string of the molecule is CN(C)[C@@H]1C(=O)C(C(N)=O)C(=O)[C@@]2(O)C(=O)C3C(=O)c4c(O)cc(CNCCN5CCCC5)c(C(F)(F)F)c4C[C@H]3C[C@@H]12. The monoisotopic (exact) mass is 608 g/mol. The summed E-state index contributed by atoms with van der Waals surface area (Å²) in [6.07, 6.45) is -3.57. The molecule has 4 aliphatic rings. The Bertz CT molecular complexity index is 1390. The van der Waals surface area contributed by atoms with Gasteiger partial charge in [0.05, 0.1) is 23.1 Å². The van der Waals surface area contributed by atoms with Crippen molar-refractivity contribution in [2.75, 3.05) is 40.3 Å². The van der Waals surface area contributed by atoms with Crippen LogP contribution in [0.1, 0.15) is 46.3 Å². The van der Waals surface area contributed by atoms with Crippen LogP contribution in [0.25, 0.3) is 0 Å². The van der Waals surface area contributed by atoms with Crippen LogP contribution in [0.4, 0.5) is 13.2 Å². The predicted octanol–water partition coefficient (Wildman–Crippen LogP) is 0.0712. The average molecular weight is 609 g/mol. The Kier molecular flexibility index (Phi) is 8.03. The van der Waals surface area contributed by atoms with Gasteiger partial charge in [0.1, 0.15) is 5.75 Å². The first-order valence-corrected chi connectivity index (χ1v) is 14.3. The normalized spacial score (nSPS) is 31.3. The summed E-state index contributed by atoms with van der Waals surface area (Å²) in [7, 11) is 2.86. The van der Waals surface area contributed by atoms with Crippen LogP contribution in [-0.4, -0.2) is 101 Å². The van der Waals surface area contributed by atoms with E-state index in [2.05, 4.69) is 10.2 Å². The molecule has 5 N–H and O–H groups in total. The van der Waals surface area contributed by atoms with Gasteiger partial charge in [-0.25, -0.2) is 0 Å². The topological polar surface area (TPSA) is 170 Å². The molecule has 2 unspecified atom stereocenters. The number of nitrogens with one attached hydrogen (secondary N) is 1. The number of benzene rings is 1. The Morgan fingerprint density at radius 3 is 2.40 bits per heavy atom. The maximum Gasteiger partial charge on any atom is 0.417 e. The Labute approximate surface area is 245 Å². The summed E-state index contributed by atoms with van der Waals surface area (Å²) in [5, 5.41) is 25.4. The number of Topliss-reactive ketones (excluding diaryl/α,β-unsaturated/α-hetero) is 4. The Balaban J connectivity index is 1.54. The summed E-state index contributed by atoms with van der Waals surface area (Å²) in [6, 6.07) is -0.480. The number of aromatic hydroxyl groups is 1. The fraction of sp³-hybridized carbons (Fsp3) is 0.621. The van der Waals surface area contributed by atoms with E-state index in [1.54, 1.807) is 0 Å². The molecule has 1 aromatic rings. The number of nitrogens with two attached hydrogens (primary N) is 1. The number of hydrogen-bond acceptors (Lipinski definition) is 10. The van der Waals surface area contributed by atoms with Crippen molar-refractivity contribution >= 4 is 29.0 Å². The molecule has 234 valence electrons. The first-order valence-electron chi connectivity index (χ1n) is 14.3. The molecule has 3 fully saturated rings. The molecule has 43 heavy (non-hydrogen) atoms. The third-order valence-electron chi connectivity index (χ3n) is 9.55. The number of alkyl halides is 3. The quantitative estimate of drug-likeness (QED) is 0.245. The van der Waals surface area contributed by atoms with Gasteiger partial charge in [0.25, 0.3) is 0 Å². The van der Waals surface area contributed by atoms with Gasteiger partial charge in [-0.05, 0) is 76.0 Å². The van der Waals surface area contributed by atoms with Crippen molar-refractivity contribution in [3.8, 4) is 5.75 Å². The summed E-state index contributed by atoms with van der Waals surface area (Å²) in [4.78, 5) is 69.7. The first-order chi connectivity index (χ1) is 20.1. The van der Waals surface area contributed by atoms with Crippen LogP contribution in [-0.2, 0) is 38.3 Å². The molecule has 1 heterocycles. The van der Waals surface area contributed by atoms with Crippen LogP contribution < -0.4 is 11.1 Å². The third kappa shape index (κ3) is 4.97. The molecule has 11 nitrogen and oxygen atoms in total. The zero-order chi connectivity index (χ0) is 31.6. The second-order valence-corrected chi connectivity index (χ2v) is 12.3. The predicted molar refractivity (Wildman–Crippen MR) is 144 cm³/mol. The van der Waals surface area contributed by atoms with Crippen molar-refractivity contribution < 1.29 is 47.4 Å². The van der Waals surface area contributed by atoms with Crippen LogP contribution in [0.15, 0.2) is 6.07 Å². The third-order valence-corrected chi connectivity index (χ3v) is 9.55. The molecule has 14 heteroatoms. The molecule has 1 aromatic carbocycles. The van der Waals surface area contributed by atoms with Gasteiger partial charge in [-0.15, -0.1) is 0 Å². The minimum absolute atomic E-state index is 0.229. The summed E-state index contributed by atoms with van der Waals surface area (Å²) in [6.45, 7) is 2.67. The van der Waals surface area contributed by atoms with Crippen molar-refractivity contribution in [2.24, 2.45) is 29.4 Å². The van der Waals surface area contributed by atoms with E-state index in [1.165, 1.54) is 19.0 Å². The van der Waals surface area contributed by atoms with Gasteiger partial charge in [-0.3, -0.25) is 28.9 Å². The van der Waals surface area contributed by atoms with Gasteiger partial charge in [0.2, 0.25) is 5.91 Å². The molecule has 6 atom stereocenters. The van der Waals surface area contributed by atoms with E-state index in [1.807, 2.05) is 0 Å². The fourth-order valence-corrected chi connectivity index (χ4v) is 7.70. The van der Waals surface area contributed by atoms with E-state index in [0.29, 0.717) is 13.1 Å². The minimum Gasteiger partial charge on any atom is -0.507 e. The highest BCUT2D eigenvalue weighted by Gasteiger charge is 2.69. The molecule has 1 saturated heterocycles. The van der Waals surface area contributed by atoms with Crippen molar-refractivity contribution in [1.82, 2.24) is 15.1 Å². The number of likely N-dealkylation sites (N-methyl/N-ethyl adjacent to an activating group) is 1. The molecule has 1 aliphatic heterocycles. The lowest BCUT2D eigenvalue weighted by molar-refractivity contribution is -0.181. The minimum atomic E-state index is -4.91. The second kappa shape index (κ2) is 11.1. The number of likely N-dealkylation sites (tertiary alicyclic amines) is 1. The standard InChI is InChI=1S/C29H35F3N4O7/c1-35(2)22-16-10-13-9-15-19(23(38)18(13)25(40)28(16,43)26(41)20(24(22)39)27(33)42)17(37)11-14(21(15)29(30,31)32)12-34-5-8-36-6-3-4-7-36/h11,13,16,18,20,22,34,37,43H,3-10,12H2,1-2H3,(H2,33,42)/t13-,16-,18?,20?,22-,28-/m0/s1. The van der Waals surface area contributed by atoms with Crippen LogP contribution >= 0.6 is 0 Å². The van der Waals surface area contributed by atoms with Gasteiger partial charge in [-0.2, -0.15) is 13.2 Å². The molecular weight excluding hydrogens is 573 g/mol. The number of amides is 1. The molecule has 3 aliphatic carbocycles. The number of hydrogen-bond donors (Lipinski definition) is 4. The zero-order valence-electron chi connectivity index (χ0n) is 23.9. The fourth-order valence-electron chi connectivity index (χ4n) is 7.70. The molecule has 0 radical (unpaired) electrons. The number of phenolic OH excluding ortho intramolecular Hbond substituents is 1. The van der Waals surface area contributed by atoms with Gasteiger partial charge < -0.3 is 26.2 Å². The van der Waals surface area contributed by atoms with Crippen molar-refractivity contribution in [1.29, 1.82) is 0 Å². The molecule has 0 aromatic heterocycles. The summed E-state index contributed by atoms with van der Waals surface area (Å²) in [5.41, 5.74) is -0.133. The Morgan fingerprint density at radius 2 is 1.81 bits per heavy atom. The smallest absolute Gasteiger partial charge is 0.417 e. The van der Waals surface area contributed by atoms with Crippen LogP contribution in [0, 0.1) is 23.7 Å². The largest absolute Gasteiger partial charge is 0.507 e. The summed E-state index contributed by atoms with van der Waals surface area (Å²) in [5.74, 6) is -13.4. The molecule has 5 rings (SSSR count). The maximum absolute atomic E-state index is 14.6. The Hall–Kier alpha value is -3.20. The van der Waals surface area contributed by atoms with Crippen molar-refractivity contribution in [3.63, 3.8) is 0 Å². The zero-order valence-corrected chi connectivity index (χ0v) is 23.9. The number of aliphatic hydroxyl groups is 1. The highest BCUT2D eigenvalue weighted by Crippen LogP contribution is 2.52. The van der Waals surface area contributed by atoms with E-state index in [-0.39, 0.29) is 18.5 Å². The van der Waals surface area contributed by atoms with E-state index >= 15 is 0 Å². The molecule has 1 amide bonds. The molecule has 0 spiro atoms. The number of fused-ring (bicyclic) bond motifs is 3. The average Bonchev–Trinajstić information content (AvgIpc) is 3.41. The Morgan fingerprint density at radius 1 is 1.16 bits per heavy atom. The van der Waals surface area contributed by atoms with Crippen LogP contribution in [0.5, 0.6) is 5.75 Å². The second-order valence-electron chi connectivity index (χ2n) is 12.3. The van der Waals surface area contributed by atoms with Gasteiger partial charge in [0, 0.05) is 25.6 Å². The lowest BCUT2D eigenvalue weighted by atomic mass is 9.52. The number of nitrogens with zero attached hydrogens (tertiary/aromatic N) is 2. The highest BCUT2D eigenvalue weighted by atomic mass is 19.4. The first kappa shape index (κ1) is 31.2. The summed E-state index contributed by atoms with van der Waals surface area (Å²) < 4.78 is 43.8.